The third-order valence-electron chi connectivity index (χ3n) is 4.19. The molecule has 0 spiro atoms. The summed E-state index contributed by atoms with van der Waals surface area (Å²) in [5, 5.41) is 0.432. The molecule has 0 bridgehead atoms. The van der Waals surface area contributed by atoms with Gasteiger partial charge in [0.15, 0.2) is 0 Å². The first-order valence-corrected chi connectivity index (χ1v) is 11.4. The second-order valence-electron chi connectivity index (χ2n) is 7.72. The van der Waals surface area contributed by atoms with Gasteiger partial charge >= 0.3 is 0 Å². The molecule has 0 N–H and O–H groups in total. The Bertz CT molecular complexity index is 933. The van der Waals surface area contributed by atoms with Gasteiger partial charge in [0.25, 0.3) is 0 Å². The van der Waals surface area contributed by atoms with Crippen LogP contribution in [0.4, 0.5) is 4.39 Å². The summed E-state index contributed by atoms with van der Waals surface area (Å²) in [5.41, 5.74) is 2.87. The third kappa shape index (κ3) is 3.85. The normalized spacial score (nSPS) is 13.5. The Balaban J connectivity index is 2.19. The minimum atomic E-state index is -1.01. The monoisotopic (exact) mass is 389 g/mol. The van der Waals surface area contributed by atoms with Crippen LogP contribution in [-0.2, 0) is 4.43 Å². The lowest BCUT2D eigenvalue weighted by Gasteiger charge is -2.34. The predicted octanol–water partition coefficient (Wildman–Crippen LogP) is 6.15. The molecular weight excluding hydrogens is 367 g/mol. The van der Waals surface area contributed by atoms with Crippen molar-refractivity contribution in [2.75, 3.05) is 0 Å². The number of nitrogens with zero attached hydrogens (tertiary/aromatic N) is 2. The molecule has 2 heterocycles. The van der Waals surface area contributed by atoms with Crippen LogP contribution < -0.4 is 0 Å². The number of pyridine rings is 1. The first-order valence-electron chi connectivity index (χ1n) is 8.56. The summed E-state index contributed by atoms with van der Waals surface area (Å²) < 4.78 is 23.1. The maximum atomic E-state index is 15.0. The molecule has 0 saturated heterocycles. The Morgan fingerprint density at radius 2 is 1.88 bits per heavy atom. The zero-order valence-corrected chi connectivity index (χ0v) is 17.4. The molecule has 1 unspecified atom stereocenters. The summed E-state index contributed by atoms with van der Waals surface area (Å²) in [6, 6.07) is 9.02. The Morgan fingerprint density at radius 3 is 2.54 bits per heavy atom. The summed E-state index contributed by atoms with van der Waals surface area (Å²) in [4.78, 5) is 4.24. The lowest BCUT2D eigenvalue weighted by atomic mass is 9.81. The van der Waals surface area contributed by atoms with Gasteiger partial charge in [0.1, 0.15) is 16.6 Å². The fourth-order valence-electron chi connectivity index (χ4n) is 3.08. The molecule has 137 valence electrons. The Morgan fingerprint density at radius 1 is 1.15 bits per heavy atom. The van der Waals surface area contributed by atoms with E-state index >= 15 is 0 Å². The summed E-state index contributed by atoms with van der Waals surface area (Å²) in [7, 11) is -1.01. The van der Waals surface area contributed by atoms with Crippen LogP contribution in [0.3, 0.4) is 0 Å². The quantitative estimate of drug-likeness (QED) is 0.500. The van der Waals surface area contributed by atoms with Gasteiger partial charge in [-0.25, -0.2) is 9.37 Å². The highest BCUT2D eigenvalue weighted by molar-refractivity contribution is 6.48. The lowest BCUT2D eigenvalue weighted by Crippen LogP contribution is -2.27. The summed E-state index contributed by atoms with van der Waals surface area (Å²) in [6.45, 7) is 10.4. The van der Waals surface area contributed by atoms with Crippen LogP contribution in [0.15, 0.2) is 42.7 Å². The molecule has 0 amide bonds. The van der Waals surface area contributed by atoms with E-state index in [1.165, 1.54) is 6.07 Å². The fourth-order valence-corrected chi connectivity index (χ4v) is 4.21. The molecule has 2 aromatic heterocycles. The molecule has 1 radical (unpaired) electrons. The molecule has 1 atom stereocenters. The molecule has 3 nitrogen and oxygen atoms in total. The second-order valence-corrected chi connectivity index (χ2v) is 10.2. The van der Waals surface area contributed by atoms with E-state index in [1.54, 1.807) is 12.3 Å². The van der Waals surface area contributed by atoms with E-state index < -0.39 is 9.04 Å². The van der Waals surface area contributed by atoms with Gasteiger partial charge in [-0.15, -0.1) is 0 Å². The van der Waals surface area contributed by atoms with Crippen molar-refractivity contribution < 1.29 is 8.82 Å². The first-order chi connectivity index (χ1) is 12.2. The summed E-state index contributed by atoms with van der Waals surface area (Å²) in [6.07, 6.45) is 3.34. The maximum absolute atomic E-state index is 15.0. The molecule has 0 aliphatic carbocycles. The maximum Gasteiger partial charge on any atom is 0.205 e. The van der Waals surface area contributed by atoms with Crippen molar-refractivity contribution in [1.82, 2.24) is 9.38 Å². The van der Waals surface area contributed by atoms with Crippen LogP contribution in [0, 0.1) is 11.2 Å². The van der Waals surface area contributed by atoms with Gasteiger partial charge in [-0.1, -0.05) is 44.5 Å². The van der Waals surface area contributed by atoms with E-state index in [4.69, 9.17) is 16.0 Å². The molecular formula is C20H23ClFN2OSi. The van der Waals surface area contributed by atoms with Crippen LogP contribution in [0.5, 0.6) is 0 Å². The van der Waals surface area contributed by atoms with Crippen LogP contribution in [0.1, 0.15) is 32.4 Å². The molecule has 3 aromatic rings. The van der Waals surface area contributed by atoms with Crippen molar-refractivity contribution in [3.8, 4) is 11.1 Å². The molecule has 3 rings (SSSR count). The van der Waals surface area contributed by atoms with Crippen molar-refractivity contribution in [2.24, 2.45) is 5.41 Å². The number of fused-ring (bicyclic) bond motifs is 1. The largest absolute Gasteiger partial charge is 0.410 e. The van der Waals surface area contributed by atoms with Crippen molar-refractivity contribution >= 4 is 26.3 Å². The summed E-state index contributed by atoms with van der Waals surface area (Å²) >= 11 is 6.00. The number of imidazole rings is 1. The number of halogens is 2. The Kier molecular flexibility index (Phi) is 5.24. The molecule has 6 heteroatoms. The van der Waals surface area contributed by atoms with E-state index in [1.807, 2.05) is 28.8 Å². The van der Waals surface area contributed by atoms with Gasteiger partial charge in [-0.3, -0.25) is 0 Å². The van der Waals surface area contributed by atoms with Crippen molar-refractivity contribution in [2.45, 2.75) is 40.0 Å². The van der Waals surface area contributed by atoms with Gasteiger partial charge in [-0.2, -0.15) is 0 Å². The predicted molar refractivity (Wildman–Crippen MR) is 106 cm³/mol. The average molecular weight is 390 g/mol. The van der Waals surface area contributed by atoms with Gasteiger partial charge in [0, 0.05) is 18.0 Å². The van der Waals surface area contributed by atoms with Crippen LogP contribution in [0.2, 0.25) is 18.2 Å². The smallest absolute Gasteiger partial charge is 0.205 e. The molecule has 0 aliphatic rings. The van der Waals surface area contributed by atoms with E-state index in [0.29, 0.717) is 10.7 Å². The third-order valence-corrected chi connectivity index (χ3v) is 5.08. The number of benzene rings is 1. The average Bonchev–Trinajstić information content (AvgIpc) is 2.90. The molecule has 1 aromatic carbocycles. The summed E-state index contributed by atoms with van der Waals surface area (Å²) in [5.74, 6) is -0.241. The van der Waals surface area contributed by atoms with Crippen molar-refractivity contribution in [3.05, 3.63) is 59.3 Å². The molecule has 0 fully saturated rings. The fraction of sp³-hybridized carbons (Fsp3) is 0.350. The second kappa shape index (κ2) is 7.14. The van der Waals surface area contributed by atoms with Crippen LogP contribution in [-0.4, -0.2) is 18.4 Å². The standard InChI is InChI=1S/C20H23ClFN2OSi/c1-20(2,3)19(25-26(4)5)18-14(7-6-8-15(18)22)13-9-10-17-23-16(21)12-24(17)11-13/h6-12,19H,1-5H3. The lowest BCUT2D eigenvalue weighted by molar-refractivity contribution is 0.0837. The SMILES string of the molecule is C[Si](C)OC(c1c(F)cccc1-c1ccc2nc(Cl)cn2c1)C(C)(C)C. The van der Waals surface area contributed by atoms with Crippen LogP contribution in [0.25, 0.3) is 16.8 Å². The van der Waals surface area contributed by atoms with E-state index in [-0.39, 0.29) is 17.3 Å². The highest BCUT2D eigenvalue weighted by Gasteiger charge is 2.32. The topological polar surface area (TPSA) is 26.5 Å². The number of hydrogen-bond acceptors (Lipinski definition) is 2. The van der Waals surface area contributed by atoms with Crippen LogP contribution >= 0.6 is 11.6 Å². The molecule has 0 aliphatic heterocycles. The van der Waals surface area contributed by atoms with E-state index in [2.05, 4.69) is 38.8 Å². The highest BCUT2D eigenvalue weighted by atomic mass is 35.5. The minimum Gasteiger partial charge on any atom is -0.410 e. The van der Waals surface area contributed by atoms with Crippen molar-refractivity contribution in [3.63, 3.8) is 0 Å². The molecule has 0 saturated carbocycles. The first kappa shape index (κ1) is 19.1. The number of rotatable bonds is 4. The molecule has 26 heavy (non-hydrogen) atoms. The Labute approximate surface area is 160 Å². The minimum absolute atomic E-state index is 0.235. The van der Waals surface area contributed by atoms with Gasteiger partial charge in [0.05, 0.1) is 6.10 Å². The van der Waals surface area contributed by atoms with E-state index in [0.717, 1.165) is 16.8 Å². The van der Waals surface area contributed by atoms with Gasteiger partial charge < -0.3 is 8.83 Å². The van der Waals surface area contributed by atoms with Gasteiger partial charge in [-0.05, 0) is 47.8 Å². The zero-order valence-electron chi connectivity index (χ0n) is 15.7. The number of hydrogen-bond donors (Lipinski definition) is 0. The van der Waals surface area contributed by atoms with Gasteiger partial charge in [0.2, 0.25) is 9.04 Å². The zero-order chi connectivity index (χ0) is 19.1. The highest BCUT2D eigenvalue weighted by Crippen LogP contribution is 2.42. The van der Waals surface area contributed by atoms with E-state index in [9.17, 15) is 4.39 Å². The van der Waals surface area contributed by atoms with Crippen molar-refractivity contribution in [1.29, 1.82) is 0 Å². The Hall–Kier alpha value is -1.69. The number of aromatic nitrogens is 2.